The highest BCUT2D eigenvalue weighted by atomic mass is 16.4. The standard InChI is InChI=1S/C14H19N3O3/c1-4-5-6-11(14(19)20)17-13(18)10-7-15-8-16-12(10)9(2)3/h4-5,7-9,11H,6H2,1-3H3,(H,17,18)(H,19,20)/b5-4+. The molecule has 0 aliphatic rings. The number of rotatable bonds is 6. The van der Waals surface area contributed by atoms with Gasteiger partial charge in [0.2, 0.25) is 0 Å². The lowest BCUT2D eigenvalue weighted by molar-refractivity contribution is -0.139. The second-order valence-corrected chi connectivity index (χ2v) is 4.65. The second kappa shape index (κ2) is 7.37. The van der Waals surface area contributed by atoms with E-state index in [0.717, 1.165) is 0 Å². The fourth-order valence-corrected chi connectivity index (χ4v) is 1.70. The van der Waals surface area contributed by atoms with E-state index in [0.29, 0.717) is 11.3 Å². The Balaban J connectivity index is 2.92. The van der Waals surface area contributed by atoms with E-state index in [4.69, 9.17) is 5.11 Å². The lowest BCUT2D eigenvalue weighted by atomic mass is 10.0. The van der Waals surface area contributed by atoms with Crippen molar-refractivity contribution in [1.29, 1.82) is 0 Å². The van der Waals surface area contributed by atoms with Crippen molar-refractivity contribution in [2.24, 2.45) is 0 Å². The molecule has 0 spiro atoms. The third-order valence-electron chi connectivity index (χ3n) is 2.75. The number of nitrogens with one attached hydrogen (secondary N) is 1. The Hall–Kier alpha value is -2.24. The van der Waals surface area contributed by atoms with E-state index in [1.165, 1.54) is 12.5 Å². The average Bonchev–Trinajstić information content (AvgIpc) is 2.42. The van der Waals surface area contributed by atoms with Gasteiger partial charge in [-0.2, -0.15) is 0 Å². The van der Waals surface area contributed by atoms with Crippen LogP contribution in [-0.4, -0.2) is 33.0 Å². The molecule has 1 amide bonds. The van der Waals surface area contributed by atoms with Gasteiger partial charge in [0.1, 0.15) is 12.4 Å². The van der Waals surface area contributed by atoms with Gasteiger partial charge in [0.25, 0.3) is 5.91 Å². The first-order valence-corrected chi connectivity index (χ1v) is 6.42. The van der Waals surface area contributed by atoms with E-state index in [-0.39, 0.29) is 12.3 Å². The lowest BCUT2D eigenvalue weighted by Crippen LogP contribution is -2.41. The van der Waals surface area contributed by atoms with Crippen LogP contribution in [0, 0.1) is 0 Å². The molecule has 1 unspecified atom stereocenters. The monoisotopic (exact) mass is 277 g/mol. The minimum atomic E-state index is -1.07. The van der Waals surface area contributed by atoms with Crippen LogP contribution in [0.4, 0.5) is 0 Å². The molecule has 0 saturated heterocycles. The molecule has 0 bridgehead atoms. The van der Waals surface area contributed by atoms with Crippen molar-refractivity contribution in [2.45, 2.75) is 39.2 Å². The van der Waals surface area contributed by atoms with E-state index in [2.05, 4.69) is 15.3 Å². The fourth-order valence-electron chi connectivity index (χ4n) is 1.70. The zero-order valence-electron chi connectivity index (χ0n) is 11.8. The van der Waals surface area contributed by atoms with Crippen LogP contribution in [-0.2, 0) is 4.79 Å². The van der Waals surface area contributed by atoms with Crippen molar-refractivity contribution in [3.05, 3.63) is 35.9 Å². The summed E-state index contributed by atoms with van der Waals surface area (Å²) >= 11 is 0. The van der Waals surface area contributed by atoms with Gasteiger partial charge in [-0.25, -0.2) is 14.8 Å². The first kappa shape index (κ1) is 15.8. The van der Waals surface area contributed by atoms with Crippen molar-refractivity contribution < 1.29 is 14.7 Å². The van der Waals surface area contributed by atoms with Gasteiger partial charge < -0.3 is 10.4 Å². The maximum absolute atomic E-state index is 12.2. The highest BCUT2D eigenvalue weighted by Crippen LogP contribution is 2.15. The van der Waals surface area contributed by atoms with Gasteiger partial charge in [-0.15, -0.1) is 0 Å². The molecule has 1 heterocycles. The Labute approximate surface area is 117 Å². The first-order valence-electron chi connectivity index (χ1n) is 6.42. The van der Waals surface area contributed by atoms with Crippen LogP contribution in [0.5, 0.6) is 0 Å². The molecular formula is C14H19N3O3. The van der Waals surface area contributed by atoms with Gasteiger partial charge in [-0.1, -0.05) is 26.0 Å². The Bertz CT molecular complexity index is 512. The molecule has 1 aromatic rings. The minimum Gasteiger partial charge on any atom is -0.480 e. The van der Waals surface area contributed by atoms with Crippen molar-refractivity contribution >= 4 is 11.9 Å². The number of allylic oxidation sites excluding steroid dienone is 1. The highest BCUT2D eigenvalue weighted by molar-refractivity contribution is 5.97. The van der Waals surface area contributed by atoms with Crippen molar-refractivity contribution in [3.8, 4) is 0 Å². The van der Waals surface area contributed by atoms with E-state index in [1.807, 2.05) is 13.8 Å². The van der Waals surface area contributed by atoms with Crippen LogP contribution < -0.4 is 5.32 Å². The number of carboxylic acid groups (broad SMARTS) is 1. The average molecular weight is 277 g/mol. The molecule has 1 atom stereocenters. The molecule has 6 nitrogen and oxygen atoms in total. The van der Waals surface area contributed by atoms with Crippen molar-refractivity contribution in [3.63, 3.8) is 0 Å². The molecule has 0 saturated carbocycles. The number of hydrogen-bond donors (Lipinski definition) is 2. The SMILES string of the molecule is C/C=C/CC(NC(=O)c1cncnc1C(C)C)C(=O)O. The van der Waals surface area contributed by atoms with E-state index in [9.17, 15) is 9.59 Å². The van der Waals surface area contributed by atoms with Crippen LogP contribution in [0.2, 0.25) is 0 Å². The Morgan fingerprint density at radius 3 is 2.70 bits per heavy atom. The number of amides is 1. The predicted octanol–water partition coefficient (Wildman–Crippen LogP) is 1.75. The predicted molar refractivity (Wildman–Crippen MR) is 74.4 cm³/mol. The van der Waals surface area contributed by atoms with Crippen LogP contribution in [0.15, 0.2) is 24.7 Å². The van der Waals surface area contributed by atoms with Crippen molar-refractivity contribution in [2.75, 3.05) is 0 Å². The van der Waals surface area contributed by atoms with Crippen LogP contribution >= 0.6 is 0 Å². The topological polar surface area (TPSA) is 92.2 Å². The summed E-state index contributed by atoms with van der Waals surface area (Å²) in [4.78, 5) is 31.2. The molecule has 2 N–H and O–H groups in total. The summed E-state index contributed by atoms with van der Waals surface area (Å²) < 4.78 is 0. The number of aliphatic carboxylic acids is 1. The fraction of sp³-hybridized carbons (Fsp3) is 0.429. The summed E-state index contributed by atoms with van der Waals surface area (Å²) in [6.45, 7) is 5.61. The van der Waals surface area contributed by atoms with E-state index < -0.39 is 17.9 Å². The number of aromatic nitrogens is 2. The zero-order chi connectivity index (χ0) is 15.1. The Morgan fingerprint density at radius 2 is 2.15 bits per heavy atom. The molecule has 0 fully saturated rings. The lowest BCUT2D eigenvalue weighted by Gasteiger charge is -2.15. The molecule has 1 rings (SSSR count). The number of carbonyl (C=O) groups excluding carboxylic acids is 1. The Kier molecular flexibility index (Phi) is 5.83. The largest absolute Gasteiger partial charge is 0.480 e. The van der Waals surface area contributed by atoms with Crippen LogP contribution in [0.3, 0.4) is 0 Å². The van der Waals surface area contributed by atoms with E-state index in [1.54, 1.807) is 19.1 Å². The maximum atomic E-state index is 12.2. The summed E-state index contributed by atoms with van der Waals surface area (Å²) in [5.74, 6) is -1.48. The number of hydrogen-bond acceptors (Lipinski definition) is 4. The van der Waals surface area contributed by atoms with Crippen LogP contribution in [0.25, 0.3) is 0 Å². The molecule has 108 valence electrons. The summed E-state index contributed by atoms with van der Waals surface area (Å²) in [7, 11) is 0. The number of nitrogens with zero attached hydrogens (tertiary/aromatic N) is 2. The zero-order valence-corrected chi connectivity index (χ0v) is 11.8. The smallest absolute Gasteiger partial charge is 0.326 e. The Morgan fingerprint density at radius 1 is 1.45 bits per heavy atom. The molecule has 20 heavy (non-hydrogen) atoms. The molecule has 0 aliphatic heterocycles. The van der Waals surface area contributed by atoms with Gasteiger partial charge in [-0.05, 0) is 19.3 Å². The summed E-state index contributed by atoms with van der Waals surface area (Å²) in [5.41, 5.74) is 0.918. The van der Waals surface area contributed by atoms with Gasteiger partial charge in [-0.3, -0.25) is 4.79 Å². The third-order valence-corrected chi connectivity index (χ3v) is 2.75. The third kappa shape index (κ3) is 4.15. The van der Waals surface area contributed by atoms with Gasteiger partial charge >= 0.3 is 5.97 Å². The van der Waals surface area contributed by atoms with Gasteiger partial charge in [0.15, 0.2) is 0 Å². The summed E-state index contributed by atoms with van der Waals surface area (Å²) in [5, 5.41) is 11.6. The normalized spacial score (nSPS) is 12.6. The second-order valence-electron chi connectivity index (χ2n) is 4.65. The van der Waals surface area contributed by atoms with Crippen LogP contribution in [0.1, 0.15) is 49.2 Å². The molecule has 0 aromatic carbocycles. The molecular weight excluding hydrogens is 258 g/mol. The molecule has 0 radical (unpaired) electrons. The number of carbonyl (C=O) groups is 2. The minimum absolute atomic E-state index is 0.0533. The molecule has 6 heteroatoms. The van der Waals surface area contributed by atoms with Gasteiger partial charge in [0.05, 0.1) is 11.3 Å². The maximum Gasteiger partial charge on any atom is 0.326 e. The van der Waals surface area contributed by atoms with Crippen molar-refractivity contribution in [1.82, 2.24) is 15.3 Å². The van der Waals surface area contributed by atoms with E-state index >= 15 is 0 Å². The number of carboxylic acids is 1. The first-order chi connectivity index (χ1) is 9.47. The highest BCUT2D eigenvalue weighted by Gasteiger charge is 2.22. The summed E-state index contributed by atoms with van der Waals surface area (Å²) in [6.07, 6.45) is 6.46. The molecule has 1 aromatic heterocycles. The quantitative estimate of drug-likeness (QED) is 0.773. The van der Waals surface area contributed by atoms with Gasteiger partial charge in [0, 0.05) is 6.20 Å². The molecule has 0 aliphatic carbocycles. The summed E-state index contributed by atoms with van der Waals surface area (Å²) in [6, 6.07) is -0.959.